The molecule has 4 nitrogen and oxygen atoms in total. The number of halogens is 2. The van der Waals surface area contributed by atoms with E-state index in [9.17, 15) is 8.78 Å². The molecule has 102 valence electrons. The third-order valence-electron chi connectivity index (χ3n) is 2.92. The van der Waals surface area contributed by atoms with Gasteiger partial charge in [0.05, 0.1) is 17.9 Å². The Morgan fingerprint density at radius 1 is 1.37 bits per heavy atom. The second-order valence-corrected chi connectivity index (χ2v) is 4.43. The number of benzene rings is 1. The zero-order valence-electron chi connectivity index (χ0n) is 10.7. The van der Waals surface area contributed by atoms with Crippen LogP contribution in [0.1, 0.15) is 30.6 Å². The molecule has 2 N–H and O–H groups in total. The Bertz CT molecular complexity index is 553. The molecule has 1 aromatic heterocycles. The molecule has 0 saturated heterocycles. The minimum atomic E-state index is -0.590. The van der Waals surface area contributed by atoms with E-state index in [4.69, 9.17) is 5.73 Å². The topological polar surface area (TPSA) is 56.7 Å². The first-order chi connectivity index (χ1) is 9.11. The fourth-order valence-electron chi connectivity index (χ4n) is 1.97. The van der Waals surface area contributed by atoms with Crippen molar-refractivity contribution in [3.05, 3.63) is 47.3 Å². The van der Waals surface area contributed by atoms with Crippen LogP contribution in [0.15, 0.2) is 24.4 Å². The first-order valence-corrected chi connectivity index (χ1v) is 6.19. The van der Waals surface area contributed by atoms with Crippen molar-refractivity contribution in [2.75, 3.05) is 0 Å². The van der Waals surface area contributed by atoms with Crippen LogP contribution < -0.4 is 5.73 Å². The highest BCUT2D eigenvalue weighted by molar-refractivity contribution is 5.21. The van der Waals surface area contributed by atoms with E-state index in [1.54, 1.807) is 10.9 Å². The lowest BCUT2D eigenvalue weighted by atomic mass is 10.0. The van der Waals surface area contributed by atoms with Gasteiger partial charge < -0.3 is 5.73 Å². The molecule has 0 saturated carbocycles. The van der Waals surface area contributed by atoms with Crippen molar-refractivity contribution in [3.63, 3.8) is 0 Å². The molecule has 2 aromatic rings. The number of rotatable bonds is 5. The summed E-state index contributed by atoms with van der Waals surface area (Å²) in [6.07, 6.45) is 2.78. The van der Waals surface area contributed by atoms with Gasteiger partial charge >= 0.3 is 0 Å². The van der Waals surface area contributed by atoms with E-state index in [0.717, 1.165) is 24.7 Å². The van der Waals surface area contributed by atoms with Crippen LogP contribution in [0.3, 0.4) is 0 Å². The van der Waals surface area contributed by atoms with Gasteiger partial charge in [0.15, 0.2) is 0 Å². The molecule has 0 aliphatic carbocycles. The first kappa shape index (κ1) is 13.6. The van der Waals surface area contributed by atoms with E-state index in [2.05, 4.69) is 10.3 Å². The fourth-order valence-corrected chi connectivity index (χ4v) is 1.97. The molecule has 0 radical (unpaired) electrons. The predicted octanol–water partition coefficient (Wildman–Crippen LogP) is 2.21. The van der Waals surface area contributed by atoms with E-state index in [1.165, 1.54) is 12.1 Å². The first-order valence-electron chi connectivity index (χ1n) is 6.19. The van der Waals surface area contributed by atoms with Crippen LogP contribution in [0.25, 0.3) is 0 Å². The Balaban J connectivity index is 2.16. The number of aryl methyl sites for hydroxylation is 1. The van der Waals surface area contributed by atoms with Crippen molar-refractivity contribution < 1.29 is 8.78 Å². The highest BCUT2D eigenvalue weighted by Gasteiger charge is 2.15. The lowest BCUT2D eigenvalue weighted by molar-refractivity contribution is 0.516. The van der Waals surface area contributed by atoms with Gasteiger partial charge in [0.2, 0.25) is 0 Å². The van der Waals surface area contributed by atoms with Crippen molar-refractivity contribution in [3.8, 4) is 0 Å². The molecular weight excluding hydrogens is 250 g/mol. The van der Waals surface area contributed by atoms with Crippen molar-refractivity contribution in [1.29, 1.82) is 0 Å². The molecule has 0 amide bonds. The third kappa shape index (κ3) is 3.14. The van der Waals surface area contributed by atoms with E-state index in [0.29, 0.717) is 5.56 Å². The normalized spacial score (nSPS) is 12.6. The lowest BCUT2D eigenvalue weighted by Crippen LogP contribution is -2.19. The quantitative estimate of drug-likeness (QED) is 0.902. The van der Waals surface area contributed by atoms with Crippen LogP contribution in [0.5, 0.6) is 0 Å². The summed E-state index contributed by atoms with van der Waals surface area (Å²) in [4.78, 5) is 0. The molecular formula is C13H16F2N4. The number of nitrogens with zero attached hydrogens (tertiary/aromatic N) is 3. The Kier molecular flexibility index (Phi) is 4.21. The average Bonchev–Trinajstić information content (AvgIpc) is 2.81. The number of hydrogen-bond acceptors (Lipinski definition) is 3. The molecule has 0 spiro atoms. The minimum absolute atomic E-state index is 0.281. The van der Waals surface area contributed by atoms with Gasteiger partial charge in [-0.15, -0.1) is 5.10 Å². The molecule has 0 aliphatic heterocycles. The summed E-state index contributed by atoms with van der Waals surface area (Å²) in [5.41, 5.74) is 7.19. The lowest BCUT2D eigenvalue weighted by Gasteiger charge is -2.13. The molecule has 6 heteroatoms. The maximum Gasteiger partial charge on any atom is 0.129 e. The minimum Gasteiger partial charge on any atom is -0.322 e. The van der Waals surface area contributed by atoms with Crippen molar-refractivity contribution in [1.82, 2.24) is 15.0 Å². The molecule has 19 heavy (non-hydrogen) atoms. The van der Waals surface area contributed by atoms with Crippen molar-refractivity contribution in [2.45, 2.75) is 32.4 Å². The van der Waals surface area contributed by atoms with Gasteiger partial charge in [-0.1, -0.05) is 18.2 Å². The van der Waals surface area contributed by atoms with Gasteiger partial charge in [-0.3, -0.25) is 0 Å². The molecule has 1 heterocycles. The third-order valence-corrected chi connectivity index (χ3v) is 2.92. The van der Waals surface area contributed by atoms with Crippen LogP contribution in [0.2, 0.25) is 0 Å². The summed E-state index contributed by atoms with van der Waals surface area (Å²) < 4.78 is 28.1. The number of aromatic nitrogens is 3. The largest absolute Gasteiger partial charge is 0.322 e. The zero-order valence-corrected chi connectivity index (χ0v) is 10.7. The van der Waals surface area contributed by atoms with Gasteiger partial charge in [-0.2, -0.15) is 0 Å². The average molecular weight is 266 g/mol. The zero-order chi connectivity index (χ0) is 13.8. The van der Waals surface area contributed by atoms with Crippen LogP contribution in [-0.2, 0) is 13.0 Å². The Labute approximate surface area is 110 Å². The molecule has 0 bridgehead atoms. The van der Waals surface area contributed by atoms with Crippen LogP contribution in [0, 0.1) is 11.6 Å². The standard InChI is InChI=1S/C13H16F2N4/c1-2-5-19-13(8-17-18-19)12(16)6-9-3-4-10(14)7-11(9)15/h3-4,7-8,12H,2,5-6,16H2,1H3. The van der Waals surface area contributed by atoms with Crippen LogP contribution >= 0.6 is 0 Å². The summed E-state index contributed by atoms with van der Waals surface area (Å²) in [6.45, 7) is 2.74. The summed E-state index contributed by atoms with van der Waals surface area (Å²) >= 11 is 0. The molecule has 0 fully saturated rings. The van der Waals surface area contributed by atoms with Crippen molar-refractivity contribution >= 4 is 0 Å². The van der Waals surface area contributed by atoms with Crippen molar-refractivity contribution in [2.24, 2.45) is 5.73 Å². The maximum atomic E-state index is 13.6. The van der Waals surface area contributed by atoms with E-state index < -0.39 is 17.7 Å². The van der Waals surface area contributed by atoms with Gasteiger partial charge in [-0.25, -0.2) is 13.5 Å². The Morgan fingerprint density at radius 2 is 2.16 bits per heavy atom. The second-order valence-electron chi connectivity index (χ2n) is 4.43. The summed E-state index contributed by atoms with van der Waals surface area (Å²) in [5.74, 6) is -1.17. The summed E-state index contributed by atoms with van der Waals surface area (Å²) in [6, 6.07) is 3.09. The monoisotopic (exact) mass is 266 g/mol. The highest BCUT2D eigenvalue weighted by atomic mass is 19.1. The van der Waals surface area contributed by atoms with E-state index in [1.807, 2.05) is 6.92 Å². The molecule has 1 aromatic carbocycles. The summed E-state index contributed by atoms with van der Waals surface area (Å²) in [5, 5.41) is 7.76. The fraction of sp³-hybridized carbons (Fsp3) is 0.385. The van der Waals surface area contributed by atoms with Crippen LogP contribution in [-0.4, -0.2) is 15.0 Å². The van der Waals surface area contributed by atoms with Gasteiger partial charge in [0.25, 0.3) is 0 Å². The predicted molar refractivity (Wildman–Crippen MR) is 67.3 cm³/mol. The number of nitrogens with two attached hydrogens (primary N) is 1. The molecule has 0 aliphatic rings. The SMILES string of the molecule is CCCn1nncc1C(N)Cc1ccc(F)cc1F. The summed E-state index contributed by atoms with van der Waals surface area (Å²) in [7, 11) is 0. The highest BCUT2D eigenvalue weighted by Crippen LogP contribution is 2.18. The van der Waals surface area contributed by atoms with Gasteiger partial charge in [0, 0.05) is 12.6 Å². The number of hydrogen-bond donors (Lipinski definition) is 1. The Morgan fingerprint density at radius 3 is 2.84 bits per heavy atom. The van der Waals surface area contributed by atoms with E-state index >= 15 is 0 Å². The maximum absolute atomic E-state index is 13.6. The van der Waals surface area contributed by atoms with Gasteiger partial charge in [-0.05, 0) is 24.5 Å². The van der Waals surface area contributed by atoms with Gasteiger partial charge in [0.1, 0.15) is 11.6 Å². The smallest absolute Gasteiger partial charge is 0.129 e. The van der Waals surface area contributed by atoms with E-state index in [-0.39, 0.29) is 6.42 Å². The second kappa shape index (κ2) is 5.88. The molecule has 1 atom stereocenters. The molecule has 1 unspecified atom stereocenters. The Hall–Kier alpha value is -1.82. The van der Waals surface area contributed by atoms with Crippen LogP contribution in [0.4, 0.5) is 8.78 Å². The molecule has 2 rings (SSSR count).